The number of aromatic nitrogens is 2. The van der Waals surface area contributed by atoms with E-state index >= 15 is 0 Å². The summed E-state index contributed by atoms with van der Waals surface area (Å²) in [5.74, 6) is 0.707. The van der Waals surface area contributed by atoms with E-state index in [1.54, 1.807) is 12.3 Å². The summed E-state index contributed by atoms with van der Waals surface area (Å²) in [6.45, 7) is 3.02. The fourth-order valence-corrected chi connectivity index (χ4v) is 2.50. The molecule has 90 valence electrons. The molecule has 0 saturated heterocycles. The van der Waals surface area contributed by atoms with Crippen LogP contribution in [-0.4, -0.2) is 22.6 Å². The lowest BCUT2D eigenvalue weighted by Gasteiger charge is -2.33. The van der Waals surface area contributed by atoms with Crippen LogP contribution in [0.2, 0.25) is 0 Å². The third-order valence-corrected chi connectivity index (χ3v) is 3.37. The summed E-state index contributed by atoms with van der Waals surface area (Å²) in [5, 5.41) is 8.87. The van der Waals surface area contributed by atoms with Crippen molar-refractivity contribution in [3.63, 3.8) is 0 Å². The largest absolute Gasteiger partial charge is 0.338 e. The molecular weight excluding hydrogens is 212 g/mol. The zero-order valence-electron chi connectivity index (χ0n) is 10.3. The van der Waals surface area contributed by atoms with Gasteiger partial charge < -0.3 is 4.90 Å². The lowest BCUT2D eigenvalue weighted by molar-refractivity contribution is 0.414. The van der Waals surface area contributed by atoms with Gasteiger partial charge in [-0.3, -0.25) is 0 Å². The van der Waals surface area contributed by atoms with Crippen LogP contribution < -0.4 is 4.90 Å². The van der Waals surface area contributed by atoms with Crippen LogP contribution in [0.25, 0.3) is 0 Å². The summed E-state index contributed by atoms with van der Waals surface area (Å²) >= 11 is 0. The Hall–Kier alpha value is -1.63. The van der Waals surface area contributed by atoms with Gasteiger partial charge in [0.1, 0.15) is 11.8 Å². The monoisotopic (exact) mass is 230 g/mol. The number of hydrogen-bond donors (Lipinski definition) is 0. The second-order valence-electron chi connectivity index (χ2n) is 4.43. The molecule has 2 rings (SSSR count). The molecule has 4 heteroatoms. The molecule has 1 aliphatic rings. The Balaban J connectivity index is 2.18. The highest BCUT2D eigenvalue weighted by Gasteiger charge is 2.21. The van der Waals surface area contributed by atoms with Gasteiger partial charge in [0.05, 0.1) is 0 Å². The first kappa shape index (κ1) is 11.8. The van der Waals surface area contributed by atoms with E-state index in [1.165, 1.54) is 32.1 Å². The molecule has 0 spiro atoms. The molecule has 1 aliphatic carbocycles. The molecule has 1 aromatic heterocycles. The molecule has 1 saturated carbocycles. The first-order valence-corrected chi connectivity index (χ1v) is 6.35. The van der Waals surface area contributed by atoms with Crippen LogP contribution in [0.4, 0.5) is 5.95 Å². The smallest absolute Gasteiger partial charge is 0.226 e. The van der Waals surface area contributed by atoms with Crippen molar-refractivity contribution in [2.75, 3.05) is 11.4 Å². The molecule has 1 fully saturated rings. The van der Waals surface area contributed by atoms with Gasteiger partial charge in [-0.1, -0.05) is 19.3 Å². The SMILES string of the molecule is CCN(c1nccc(C#N)n1)C1CCCCC1. The van der Waals surface area contributed by atoms with Gasteiger partial charge in [-0.25, -0.2) is 9.97 Å². The van der Waals surface area contributed by atoms with Crippen LogP contribution >= 0.6 is 0 Å². The maximum absolute atomic E-state index is 8.87. The topological polar surface area (TPSA) is 52.8 Å². The molecule has 0 N–H and O–H groups in total. The molecule has 1 heterocycles. The third kappa shape index (κ3) is 2.73. The first-order chi connectivity index (χ1) is 8.35. The second kappa shape index (κ2) is 5.62. The van der Waals surface area contributed by atoms with Gasteiger partial charge in [-0.15, -0.1) is 0 Å². The van der Waals surface area contributed by atoms with E-state index in [1.807, 2.05) is 0 Å². The fourth-order valence-electron chi connectivity index (χ4n) is 2.50. The maximum Gasteiger partial charge on any atom is 0.226 e. The summed E-state index contributed by atoms with van der Waals surface area (Å²) in [4.78, 5) is 10.8. The van der Waals surface area contributed by atoms with E-state index in [4.69, 9.17) is 5.26 Å². The Morgan fingerprint density at radius 3 is 2.82 bits per heavy atom. The highest BCUT2D eigenvalue weighted by atomic mass is 15.3. The minimum Gasteiger partial charge on any atom is -0.338 e. The maximum atomic E-state index is 8.87. The lowest BCUT2D eigenvalue weighted by atomic mass is 9.94. The van der Waals surface area contributed by atoms with Crippen molar-refractivity contribution in [2.45, 2.75) is 45.1 Å². The van der Waals surface area contributed by atoms with Crippen molar-refractivity contribution in [1.29, 1.82) is 5.26 Å². The second-order valence-corrected chi connectivity index (χ2v) is 4.43. The zero-order valence-corrected chi connectivity index (χ0v) is 10.3. The van der Waals surface area contributed by atoms with Gasteiger partial charge in [0.2, 0.25) is 5.95 Å². The normalized spacial score (nSPS) is 16.5. The van der Waals surface area contributed by atoms with Crippen molar-refractivity contribution in [3.05, 3.63) is 18.0 Å². The molecule has 0 bridgehead atoms. The summed E-state index contributed by atoms with van der Waals surface area (Å²) in [7, 11) is 0. The standard InChI is InChI=1S/C13H18N4/c1-2-17(12-6-4-3-5-7-12)13-15-9-8-11(10-14)16-13/h8-9,12H,2-7H2,1H3. The minimum absolute atomic E-state index is 0.448. The number of nitriles is 1. The van der Waals surface area contributed by atoms with Crippen molar-refractivity contribution in [2.24, 2.45) is 0 Å². The first-order valence-electron chi connectivity index (χ1n) is 6.35. The van der Waals surface area contributed by atoms with Gasteiger partial charge in [-0.2, -0.15) is 5.26 Å². The van der Waals surface area contributed by atoms with Gasteiger partial charge in [0, 0.05) is 18.8 Å². The molecule has 0 aliphatic heterocycles. The summed E-state index contributed by atoms with van der Waals surface area (Å²) in [6, 6.07) is 4.27. The molecule has 0 amide bonds. The van der Waals surface area contributed by atoms with E-state index in [2.05, 4.69) is 27.9 Å². The summed E-state index contributed by atoms with van der Waals surface area (Å²) in [6.07, 6.45) is 8.03. The average molecular weight is 230 g/mol. The van der Waals surface area contributed by atoms with E-state index in [0.29, 0.717) is 17.7 Å². The molecule has 17 heavy (non-hydrogen) atoms. The third-order valence-electron chi connectivity index (χ3n) is 3.37. The minimum atomic E-state index is 0.448. The number of nitrogens with zero attached hydrogens (tertiary/aromatic N) is 4. The zero-order chi connectivity index (χ0) is 12.1. The van der Waals surface area contributed by atoms with Crippen molar-refractivity contribution in [3.8, 4) is 6.07 Å². The predicted molar refractivity (Wildman–Crippen MR) is 66.6 cm³/mol. The van der Waals surface area contributed by atoms with Crippen LogP contribution in [0, 0.1) is 11.3 Å². The van der Waals surface area contributed by atoms with E-state index in [-0.39, 0.29) is 0 Å². The van der Waals surface area contributed by atoms with Crippen LogP contribution in [0.3, 0.4) is 0 Å². The van der Waals surface area contributed by atoms with Crippen molar-refractivity contribution in [1.82, 2.24) is 9.97 Å². The van der Waals surface area contributed by atoms with Crippen LogP contribution in [0.1, 0.15) is 44.7 Å². The summed E-state index contributed by atoms with van der Waals surface area (Å²) < 4.78 is 0. The van der Waals surface area contributed by atoms with Crippen LogP contribution in [0.5, 0.6) is 0 Å². The Labute approximate surface area is 102 Å². The van der Waals surface area contributed by atoms with Gasteiger partial charge in [0.25, 0.3) is 0 Å². The number of anilines is 1. The summed E-state index contributed by atoms with van der Waals surface area (Å²) in [5.41, 5.74) is 0.448. The number of hydrogen-bond acceptors (Lipinski definition) is 4. The average Bonchev–Trinajstić information content (AvgIpc) is 2.41. The highest BCUT2D eigenvalue weighted by Crippen LogP contribution is 2.24. The van der Waals surface area contributed by atoms with Crippen molar-refractivity contribution >= 4 is 5.95 Å². The quantitative estimate of drug-likeness (QED) is 0.800. The van der Waals surface area contributed by atoms with Gasteiger partial charge in [0.15, 0.2) is 0 Å². The number of rotatable bonds is 3. The molecule has 1 aromatic rings. The highest BCUT2D eigenvalue weighted by molar-refractivity contribution is 5.34. The van der Waals surface area contributed by atoms with E-state index < -0.39 is 0 Å². The molecule has 0 radical (unpaired) electrons. The van der Waals surface area contributed by atoms with E-state index in [0.717, 1.165) is 6.54 Å². The molecule has 0 aromatic carbocycles. The predicted octanol–water partition coefficient (Wildman–Crippen LogP) is 2.51. The fraction of sp³-hybridized carbons (Fsp3) is 0.615. The Kier molecular flexibility index (Phi) is 3.92. The van der Waals surface area contributed by atoms with Crippen molar-refractivity contribution < 1.29 is 0 Å². The Bertz CT molecular complexity index is 404. The van der Waals surface area contributed by atoms with Crippen LogP contribution in [-0.2, 0) is 0 Å². The molecule has 4 nitrogen and oxygen atoms in total. The van der Waals surface area contributed by atoms with Gasteiger partial charge >= 0.3 is 0 Å². The molecule has 0 unspecified atom stereocenters. The van der Waals surface area contributed by atoms with Crippen LogP contribution in [0.15, 0.2) is 12.3 Å². The lowest BCUT2D eigenvalue weighted by Crippen LogP contribution is -2.37. The Morgan fingerprint density at radius 2 is 2.18 bits per heavy atom. The molecular formula is C13H18N4. The van der Waals surface area contributed by atoms with E-state index in [9.17, 15) is 0 Å². The Morgan fingerprint density at radius 1 is 1.41 bits per heavy atom. The molecule has 0 atom stereocenters. The van der Waals surface area contributed by atoms with Gasteiger partial charge in [-0.05, 0) is 25.8 Å².